The van der Waals surface area contributed by atoms with E-state index >= 15 is 0 Å². The summed E-state index contributed by atoms with van der Waals surface area (Å²) < 4.78 is 6.42. The van der Waals surface area contributed by atoms with Crippen molar-refractivity contribution in [2.75, 3.05) is 31.6 Å². The van der Waals surface area contributed by atoms with E-state index in [1.54, 1.807) is 11.8 Å². The maximum atomic E-state index is 13.9. The topological polar surface area (TPSA) is 45.1 Å². The molecule has 2 aliphatic heterocycles. The van der Waals surface area contributed by atoms with E-state index in [2.05, 4.69) is 76.8 Å². The van der Waals surface area contributed by atoms with E-state index in [-0.39, 0.29) is 16.7 Å². The Labute approximate surface area is 295 Å². The van der Waals surface area contributed by atoms with Gasteiger partial charge >= 0.3 is 0 Å². The zero-order valence-electron chi connectivity index (χ0n) is 28.9. The number of carbonyl (C=O) groups is 1. The maximum absolute atomic E-state index is 13.9. The lowest BCUT2D eigenvalue weighted by Crippen LogP contribution is -2.32. The van der Waals surface area contributed by atoms with Crippen molar-refractivity contribution in [3.63, 3.8) is 0 Å². The third-order valence-corrected chi connectivity index (χ3v) is 12.3. The Morgan fingerprint density at radius 3 is 2.36 bits per heavy atom. The summed E-state index contributed by atoms with van der Waals surface area (Å²) >= 11 is 9.41. The van der Waals surface area contributed by atoms with Crippen LogP contribution in [-0.2, 0) is 22.0 Å². The standard InChI is InChI=1S/C39H48ClN3O2S2/c1-8-38(3,4)28-17-19-32(30(25-28)39(5,6)9-2)45-24-14-13-22-41-37-43(23-21-27-15-11-10-12-16-27)35(44)34(47-37)36-42(7)31-26-29(40)18-20-33(31)46-36/h10-12,15-20,25-26H,8-9,13-14,21-24H2,1-7H3. The van der Waals surface area contributed by atoms with Gasteiger partial charge in [0, 0.05) is 35.6 Å². The Kier molecular flexibility index (Phi) is 11.4. The molecule has 0 bridgehead atoms. The summed E-state index contributed by atoms with van der Waals surface area (Å²) in [5, 5.41) is 2.39. The first-order valence-electron chi connectivity index (χ1n) is 16.8. The Hall–Kier alpha value is -2.87. The first kappa shape index (κ1) is 35.4. The van der Waals surface area contributed by atoms with Crippen LogP contribution in [-0.4, -0.2) is 42.7 Å². The lowest BCUT2D eigenvalue weighted by Gasteiger charge is -2.30. The molecule has 0 unspecified atom stereocenters. The molecular weight excluding hydrogens is 642 g/mol. The molecule has 0 spiro atoms. The van der Waals surface area contributed by atoms with Gasteiger partial charge in [-0.05, 0) is 90.1 Å². The second-order valence-electron chi connectivity index (χ2n) is 13.6. The molecule has 1 fully saturated rings. The number of aliphatic imine (C=N–C) groups is 1. The highest BCUT2D eigenvalue weighted by atomic mass is 35.5. The van der Waals surface area contributed by atoms with Crippen LogP contribution in [0, 0.1) is 0 Å². The number of amides is 1. The fourth-order valence-corrected chi connectivity index (χ4v) is 8.15. The minimum atomic E-state index is 0.0158. The van der Waals surface area contributed by atoms with E-state index in [0.29, 0.717) is 24.7 Å². The number of benzene rings is 3. The second kappa shape index (κ2) is 15.1. The van der Waals surface area contributed by atoms with Crippen LogP contribution in [0.1, 0.15) is 83.9 Å². The molecular formula is C39H48ClN3O2S2. The molecule has 1 saturated heterocycles. The number of thioether (sulfide) groups is 2. The van der Waals surface area contributed by atoms with E-state index in [1.165, 1.54) is 28.5 Å². The number of halogens is 1. The SMILES string of the molecule is CCC(C)(C)c1ccc(OCCCCN=C2SC(=C3Sc4ccc(Cl)cc4N3C)C(=O)N2CCc2ccccc2)c(C(C)(C)CC)c1. The van der Waals surface area contributed by atoms with Crippen molar-refractivity contribution in [3.05, 3.63) is 98.4 Å². The largest absolute Gasteiger partial charge is 0.493 e. The van der Waals surface area contributed by atoms with E-state index in [1.807, 2.05) is 48.3 Å². The predicted octanol–water partition coefficient (Wildman–Crippen LogP) is 10.5. The van der Waals surface area contributed by atoms with Gasteiger partial charge in [0.05, 0.1) is 17.3 Å². The molecule has 1 amide bonds. The average molecular weight is 690 g/mol. The number of nitrogens with zero attached hydrogens (tertiary/aromatic N) is 3. The van der Waals surface area contributed by atoms with Crippen LogP contribution in [0.5, 0.6) is 5.75 Å². The quantitative estimate of drug-likeness (QED) is 0.132. The van der Waals surface area contributed by atoms with E-state index < -0.39 is 0 Å². The van der Waals surface area contributed by atoms with E-state index in [4.69, 9.17) is 21.3 Å². The summed E-state index contributed by atoms with van der Waals surface area (Å²) in [6.45, 7) is 15.6. The average Bonchev–Trinajstić information content (AvgIpc) is 3.56. The zero-order chi connectivity index (χ0) is 33.8. The van der Waals surface area contributed by atoms with Gasteiger partial charge in [0.1, 0.15) is 10.7 Å². The molecule has 3 aromatic rings. The summed E-state index contributed by atoms with van der Waals surface area (Å²) in [7, 11) is 2.00. The van der Waals surface area contributed by atoms with Crippen molar-refractivity contribution >= 4 is 51.9 Å². The van der Waals surface area contributed by atoms with Gasteiger partial charge in [0.25, 0.3) is 5.91 Å². The van der Waals surface area contributed by atoms with Gasteiger partial charge in [-0.1, -0.05) is 107 Å². The van der Waals surface area contributed by atoms with Gasteiger partial charge in [-0.25, -0.2) is 0 Å². The van der Waals surface area contributed by atoms with Crippen LogP contribution < -0.4 is 9.64 Å². The fourth-order valence-electron chi connectivity index (χ4n) is 5.63. The normalized spacial score (nSPS) is 17.6. The molecule has 0 radical (unpaired) electrons. The molecule has 0 atom stereocenters. The highest BCUT2D eigenvalue weighted by Gasteiger charge is 2.39. The van der Waals surface area contributed by atoms with E-state index in [9.17, 15) is 4.79 Å². The zero-order valence-corrected chi connectivity index (χ0v) is 31.2. The van der Waals surface area contributed by atoms with Crippen molar-refractivity contribution in [2.45, 2.75) is 89.4 Å². The number of anilines is 1. The van der Waals surface area contributed by atoms with Crippen molar-refractivity contribution in [2.24, 2.45) is 4.99 Å². The van der Waals surface area contributed by atoms with Crippen molar-refractivity contribution in [1.29, 1.82) is 0 Å². The van der Waals surface area contributed by atoms with Gasteiger partial charge < -0.3 is 9.64 Å². The van der Waals surface area contributed by atoms with Crippen LogP contribution in [0.2, 0.25) is 5.02 Å². The predicted molar refractivity (Wildman–Crippen MR) is 202 cm³/mol. The molecule has 0 saturated carbocycles. The van der Waals surface area contributed by atoms with Crippen LogP contribution in [0.15, 0.2) is 86.6 Å². The number of rotatable bonds is 13. The molecule has 5 rings (SSSR count). The number of fused-ring (bicyclic) bond motifs is 1. The highest BCUT2D eigenvalue weighted by molar-refractivity contribution is 8.19. The van der Waals surface area contributed by atoms with Crippen LogP contribution >= 0.6 is 35.1 Å². The highest BCUT2D eigenvalue weighted by Crippen LogP contribution is 2.50. The second-order valence-corrected chi connectivity index (χ2v) is 16.1. The van der Waals surface area contributed by atoms with Crippen molar-refractivity contribution in [1.82, 2.24) is 4.90 Å². The number of carbonyl (C=O) groups excluding carboxylic acids is 1. The van der Waals surface area contributed by atoms with E-state index in [0.717, 1.165) is 63.5 Å². The molecule has 8 heteroatoms. The molecule has 0 aromatic heterocycles. The summed E-state index contributed by atoms with van der Waals surface area (Å²) in [6.07, 6.45) is 4.66. The summed E-state index contributed by atoms with van der Waals surface area (Å²) in [4.78, 5) is 24.6. The van der Waals surface area contributed by atoms with Crippen molar-refractivity contribution in [3.8, 4) is 5.75 Å². The molecule has 0 N–H and O–H groups in total. The Balaban J connectivity index is 1.27. The molecule has 5 nitrogen and oxygen atoms in total. The van der Waals surface area contributed by atoms with Crippen LogP contribution in [0.25, 0.3) is 0 Å². The van der Waals surface area contributed by atoms with Crippen LogP contribution in [0.4, 0.5) is 5.69 Å². The van der Waals surface area contributed by atoms with Crippen molar-refractivity contribution < 1.29 is 9.53 Å². The maximum Gasteiger partial charge on any atom is 0.269 e. The molecule has 47 heavy (non-hydrogen) atoms. The monoisotopic (exact) mass is 689 g/mol. The first-order valence-corrected chi connectivity index (χ1v) is 18.8. The minimum absolute atomic E-state index is 0.0158. The minimum Gasteiger partial charge on any atom is -0.493 e. The van der Waals surface area contributed by atoms with Crippen LogP contribution in [0.3, 0.4) is 0 Å². The number of hydrogen-bond acceptors (Lipinski definition) is 6. The summed E-state index contributed by atoms with van der Waals surface area (Å²) in [5.41, 5.74) is 5.04. The Morgan fingerprint density at radius 1 is 0.894 bits per heavy atom. The summed E-state index contributed by atoms with van der Waals surface area (Å²) in [6, 6.07) is 23.0. The molecule has 3 aromatic carbocycles. The van der Waals surface area contributed by atoms with Gasteiger partial charge in [-0.2, -0.15) is 0 Å². The lowest BCUT2D eigenvalue weighted by atomic mass is 9.76. The number of amidine groups is 1. The van der Waals surface area contributed by atoms with Gasteiger partial charge in [0.2, 0.25) is 0 Å². The van der Waals surface area contributed by atoms with Gasteiger partial charge in [0.15, 0.2) is 5.17 Å². The molecule has 250 valence electrons. The molecule has 2 heterocycles. The van der Waals surface area contributed by atoms with Gasteiger partial charge in [-0.3, -0.25) is 14.7 Å². The number of unbranched alkanes of at least 4 members (excludes halogenated alkanes) is 1. The smallest absolute Gasteiger partial charge is 0.269 e. The van der Waals surface area contributed by atoms with Gasteiger partial charge in [-0.15, -0.1) is 0 Å². The first-order chi connectivity index (χ1) is 22.4. The third kappa shape index (κ3) is 8.06. The number of ether oxygens (including phenoxy) is 1. The lowest BCUT2D eigenvalue weighted by molar-refractivity contribution is -0.122. The number of hydrogen-bond donors (Lipinski definition) is 0. The Morgan fingerprint density at radius 2 is 1.64 bits per heavy atom. The molecule has 0 aliphatic carbocycles. The molecule has 2 aliphatic rings. The summed E-state index contributed by atoms with van der Waals surface area (Å²) in [5.74, 6) is 1.00. The third-order valence-electron chi connectivity index (χ3n) is 9.63. The fraction of sp³-hybridized carbons (Fsp3) is 0.436. The Bertz CT molecular complexity index is 1650.